The molecule has 1 fully saturated rings. The van der Waals surface area contributed by atoms with Crippen LogP contribution in [0, 0.1) is 5.82 Å². The standard InChI is InChI=1S/C15H24FN3O/c1-3-7-19-8-9-20-14(11-19)15(18-4-2)12-5-6-17-10-13(12)16/h5-6,10,14-15,18H,3-4,7-9,11H2,1-2H3. The molecule has 0 aromatic carbocycles. The Labute approximate surface area is 120 Å². The van der Waals surface area contributed by atoms with Crippen molar-refractivity contribution in [1.29, 1.82) is 0 Å². The molecule has 2 atom stereocenters. The average molecular weight is 281 g/mol. The Kier molecular flexibility index (Phi) is 5.88. The minimum absolute atomic E-state index is 0.0212. The van der Waals surface area contributed by atoms with E-state index in [2.05, 4.69) is 22.1 Å². The van der Waals surface area contributed by atoms with Crippen molar-refractivity contribution < 1.29 is 9.13 Å². The van der Waals surface area contributed by atoms with Crippen molar-refractivity contribution in [3.63, 3.8) is 0 Å². The summed E-state index contributed by atoms with van der Waals surface area (Å²) in [6, 6.07) is 1.62. The Balaban J connectivity index is 2.13. The molecule has 5 heteroatoms. The lowest BCUT2D eigenvalue weighted by molar-refractivity contribution is -0.0473. The van der Waals surface area contributed by atoms with Crippen LogP contribution in [0.4, 0.5) is 4.39 Å². The van der Waals surface area contributed by atoms with Gasteiger partial charge in [-0.05, 0) is 25.6 Å². The van der Waals surface area contributed by atoms with Crippen molar-refractivity contribution in [2.75, 3.05) is 32.8 Å². The summed E-state index contributed by atoms with van der Waals surface area (Å²) >= 11 is 0. The summed E-state index contributed by atoms with van der Waals surface area (Å²) in [6.45, 7) is 8.56. The second-order valence-corrected chi connectivity index (χ2v) is 5.14. The fraction of sp³-hybridized carbons (Fsp3) is 0.667. The summed E-state index contributed by atoms with van der Waals surface area (Å²) in [7, 11) is 0. The zero-order valence-electron chi connectivity index (χ0n) is 12.3. The van der Waals surface area contributed by atoms with Gasteiger partial charge in [0.2, 0.25) is 0 Å². The van der Waals surface area contributed by atoms with Gasteiger partial charge in [0.05, 0.1) is 24.9 Å². The first-order chi connectivity index (χ1) is 9.76. The highest BCUT2D eigenvalue weighted by molar-refractivity contribution is 5.19. The van der Waals surface area contributed by atoms with E-state index < -0.39 is 0 Å². The lowest BCUT2D eigenvalue weighted by atomic mass is 10.0. The predicted molar refractivity (Wildman–Crippen MR) is 77.1 cm³/mol. The van der Waals surface area contributed by atoms with Crippen LogP contribution < -0.4 is 5.32 Å². The van der Waals surface area contributed by atoms with E-state index in [4.69, 9.17) is 4.74 Å². The number of morpholine rings is 1. The molecule has 0 amide bonds. The zero-order valence-corrected chi connectivity index (χ0v) is 12.3. The first-order valence-electron chi connectivity index (χ1n) is 7.43. The lowest BCUT2D eigenvalue weighted by Gasteiger charge is -2.37. The minimum Gasteiger partial charge on any atom is -0.374 e. The number of halogens is 1. The van der Waals surface area contributed by atoms with Crippen LogP contribution in [0.2, 0.25) is 0 Å². The SMILES string of the molecule is CCCN1CCOC(C(NCC)c2ccncc2F)C1. The van der Waals surface area contributed by atoms with Gasteiger partial charge in [0.25, 0.3) is 0 Å². The van der Waals surface area contributed by atoms with Gasteiger partial charge in [0.1, 0.15) is 5.82 Å². The first-order valence-corrected chi connectivity index (χ1v) is 7.43. The predicted octanol–water partition coefficient (Wildman–Crippen LogP) is 1.98. The number of nitrogens with zero attached hydrogens (tertiary/aromatic N) is 2. The van der Waals surface area contributed by atoms with Crippen LogP contribution in [0.1, 0.15) is 31.9 Å². The molecule has 0 saturated carbocycles. The van der Waals surface area contributed by atoms with E-state index in [1.807, 2.05) is 6.92 Å². The number of aromatic nitrogens is 1. The van der Waals surface area contributed by atoms with Crippen LogP contribution in [-0.2, 0) is 4.74 Å². The van der Waals surface area contributed by atoms with E-state index >= 15 is 0 Å². The number of rotatable bonds is 6. The molecule has 0 radical (unpaired) electrons. The van der Waals surface area contributed by atoms with Gasteiger partial charge >= 0.3 is 0 Å². The molecule has 4 nitrogen and oxygen atoms in total. The Hall–Kier alpha value is -1.04. The summed E-state index contributed by atoms with van der Waals surface area (Å²) in [5.41, 5.74) is 0.644. The lowest BCUT2D eigenvalue weighted by Crippen LogP contribution is -2.48. The quantitative estimate of drug-likeness (QED) is 0.865. The fourth-order valence-electron chi connectivity index (χ4n) is 2.75. The van der Waals surface area contributed by atoms with E-state index in [-0.39, 0.29) is 18.0 Å². The molecule has 2 heterocycles. The van der Waals surface area contributed by atoms with Crippen molar-refractivity contribution in [2.45, 2.75) is 32.4 Å². The molecular weight excluding hydrogens is 257 g/mol. The second kappa shape index (κ2) is 7.67. The first kappa shape index (κ1) is 15.4. The molecule has 112 valence electrons. The minimum atomic E-state index is -0.269. The van der Waals surface area contributed by atoms with Crippen molar-refractivity contribution in [3.8, 4) is 0 Å². The maximum Gasteiger partial charge on any atom is 0.146 e. The van der Waals surface area contributed by atoms with Gasteiger partial charge in [-0.15, -0.1) is 0 Å². The molecule has 0 bridgehead atoms. The molecule has 1 saturated heterocycles. The third-order valence-corrected chi connectivity index (χ3v) is 3.65. The number of pyridine rings is 1. The van der Waals surface area contributed by atoms with Crippen molar-refractivity contribution in [3.05, 3.63) is 29.8 Å². The summed E-state index contributed by atoms with van der Waals surface area (Å²) in [6.07, 6.45) is 4.01. The maximum atomic E-state index is 14.0. The molecule has 1 aromatic rings. The number of likely N-dealkylation sites (N-methyl/N-ethyl adjacent to an activating group) is 1. The van der Waals surface area contributed by atoms with Gasteiger partial charge in [0.15, 0.2) is 0 Å². The van der Waals surface area contributed by atoms with Crippen LogP contribution in [0.25, 0.3) is 0 Å². The molecule has 1 aromatic heterocycles. The van der Waals surface area contributed by atoms with Crippen LogP contribution >= 0.6 is 0 Å². The number of hydrogen-bond acceptors (Lipinski definition) is 4. The molecule has 20 heavy (non-hydrogen) atoms. The van der Waals surface area contributed by atoms with E-state index in [0.717, 1.165) is 32.6 Å². The van der Waals surface area contributed by atoms with Crippen molar-refractivity contribution >= 4 is 0 Å². The van der Waals surface area contributed by atoms with Gasteiger partial charge < -0.3 is 10.1 Å². The van der Waals surface area contributed by atoms with Crippen molar-refractivity contribution in [2.24, 2.45) is 0 Å². The van der Waals surface area contributed by atoms with Gasteiger partial charge in [-0.3, -0.25) is 9.88 Å². The van der Waals surface area contributed by atoms with Crippen LogP contribution in [0.3, 0.4) is 0 Å². The third-order valence-electron chi connectivity index (χ3n) is 3.65. The van der Waals surface area contributed by atoms with Crippen LogP contribution in [0.5, 0.6) is 0 Å². The summed E-state index contributed by atoms with van der Waals surface area (Å²) in [4.78, 5) is 6.21. The molecule has 0 aliphatic carbocycles. The van der Waals surface area contributed by atoms with E-state index in [1.165, 1.54) is 6.20 Å². The Morgan fingerprint density at radius 2 is 2.40 bits per heavy atom. The largest absolute Gasteiger partial charge is 0.374 e. The molecular formula is C15H24FN3O. The van der Waals surface area contributed by atoms with Gasteiger partial charge in [-0.2, -0.15) is 0 Å². The molecule has 2 rings (SSSR count). The van der Waals surface area contributed by atoms with Crippen molar-refractivity contribution in [1.82, 2.24) is 15.2 Å². The number of hydrogen-bond donors (Lipinski definition) is 1. The summed E-state index contributed by atoms with van der Waals surface area (Å²) < 4.78 is 19.9. The Morgan fingerprint density at radius 1 is 1.55 bits per heavy atom. The van der Waals surface area contributed by atoms with E-state index in [0.29, 0.717) is 12.2 Å². The van der Waals surface area contributed by atoms with Crippen LogP contribution in [-0.4, -0.2) is 48.8 Å². The van der Waals surface area contributed by atoms with Crippen LogP contribution in [0.15, 0.2) is 18.5 Å². The number of ether oxygens (including phenoxy) is 1. The Bertz CT molecular complexity index is 414. The van der Waals surface area contributed by atoms with E-state index in [9.17, 15) is 4.39 Å². The molecule has 0 spiro atoms. The average Bonchev–Trinajstić information content (AvgIpc) is 2.46. The smallest absolute Gasteiger partial charge is 0.146 e. The number of nitrogens with one attached hydrogen (secondary N) is 1. The summed E-state index contributed by atoms with van der Waals surface area (Å²) in [5, 5.41) is 3.35. The zero-order chi connectivity index (χ0) is 14.4. The normalized spacial score (nSPS) is 21.9. The molecule has 2 unspecified atom stereocenters. The van der Waals surface area contributed by atoms with E-state index in [1.54, 1.807) is 12.3 Å². The molecule has 1 aliphatic rings. The highest BCUT2D eigenvalue weighted by Crippen LogP contribution is 2.24. The Morgan fingerprint density at radius 3 is 3.10 bits per heavy atom. The van der Waals surface area contributed by atoms with Gasteiger partial charge in [-0.25, -0.2) is 4.39 Å². The molecule has 1 aliphatic heterocycles. The highest BCUT2D eigenvalue weighted by atomic mass is 19.1. The fourth-order valence-corrected chi connectivity index (χ4v) is 2.75. The summed E-state index contributed by atoms with van der Waals surface area (Å²) in [5.74, 6) is -0.269. The monoisotopic (exact) mass is 281 g/mol. The second-order valence-electron chi connectivity index (χ2n) is 5.14. The topological polar surface area (TPSA) is 37.4 Å². The van der Waals surface area contributed by atoms with Gasteiger partial charge in [-0.1, -0.05) is 13.8 Å². The molecule has 1 N–H and O–H groups in total. The maximum absolute atomic E-state index is 14.0. The highest BCUT2D eigenvalue weighted by Gasteiger charge is 2.30. The van der Waals surface area contributed by atoms with Gasteiger partial charge in [0, 0.05) is 24.8 Å². The third kappa shape index (κ3) is 3.75.